The first-order valence-corrected chi connectivity index (χ1v) is 4.36. The average Bonchev–Trinajstić information content (AvgIpc) is 2.10. The van der Waals surface area contributed by atoms with Crippen molar-refractivity contribution in [2.45, 2.75) is 13.3 Å². The predicted molar refractivity (Wildman–Crippen MR) is 56.2 cm³/mol. The lowest BCUT2D eigenvalue weighted by Gasteiger charge is -2.11. The van der Waals surface area contributed by atoms with Crippen molar-refractivity contribution >= 4 is 0 Å². The van der Waals surface area contributed by atoms with Crippen molar-refractivity contribution in [3.05, 3.63) is 37.0 Å². The van der Waals surface area contributed by atoms with Crippen LogP contribution in [0.5, 0.6) is 0 Å². The van der Waals surface area contributed by atoms with Gasteiger partial charge in [-0.1, -0.05) is 38.3 Å². The number of nitrogens with one attached hydrogen (secondary N) is 1. The molecule has 1 unspecified atom stereocenters. The molecule has 12 heavy (non-hydrogen) atoms. The molecule has 0 heterocycles. The minimum atomic E-state index is 0.563. The van der Waals surface area contributed by atoms with Crippen molar-refractivity contribution in [3.63, 3.8) is 0 Å². The summed E-state index contributed by atoms with van der Waals surface area (Å²) in [5, 5.41) is 3.13. The summed E-state index contributed by atoms with van der Waals surface area (Å²) in [6.07, 6.45) is 6.88. The molecule has 0 spiro atoms. The molecule has 0 aliphatic carbocycles. The zero-order chi connectivity index (χ0) is 9.40. The SMILES string of the molecule is C=C/C=C(\C=C)C(C)CCNC. The van der Waals surface area contributed by atoms with Crippen molar-refractivity contribution in [2.75, 3.05) is 13.6 Å². The summed E-state index contributed by atoms with van der Waals surface area (Å²) in [6.45, 7) is 10.7. The molecule has 0 rings (SSSR count). The minimum Gasteiger partial charge on any atom is -0.320 e. The van der Waals surface area contributed by atoms with Crippen LogP contribution in [-0.4, -0.2) is 13.6 Å². The molecule has 1 N–H and O–H groups in total. The highest BCUT2D eigenvalue weighted by Gasteiger charge is 2.03. The fourth-order valence-corrected chi connectivity index (χ4v) is 1.10. The van der Waals surface area contributed by atoms with E-state index in [-0.39, 0.29) is 0 Å². The zero-order valence-electron chi connectivity index (χ0n) is 8.14. The smallest absolute Gasteiger partial charge is 0.00462 e. The van der Waals surface area contributed by atoms with Crippen molar-refractivity contribution in [1.82, 2.24) is 5.32 Å². The van der Waals surface area contributed by atoms with E-state index in [2.05, 4.69) is 25.4 Å². The molecule has 0 saturated carbocycles. The molecule has 0 aromatic heterocycles. The first kappa shape index (κ1) is 11.2. The van der Waals surface area contributed by atoms with Crippen LogP contribution < -0.4 is 5.32 Å². The van der Waals surface area contributed by atoms with Crippen LogP contribution in [0.1, 0.15) is 13.3 Å². The van der Waals surface area contributed by atoms with E-state index < -0.39 is 0 Å². The van der Waals surface area contributed by atoms with Gasteiger partial charge in [0.25, 0.3) is 0 Å². The van der Waals surface area contributed by atoms with Crippen molar-refractivity contribution in [3.8, 4) is 0 Å². The van der Waals surface area contributed by atoms with Gasteiger partial charge >= 0.3 is 0 Å². The Hall–Kier alpha value is -0.820. The van der Waals surface area contributed by atoms with E-state index in [1.54, 1.807) is 0 Å². The molecule has 0 bridgehead atoms. The standard InChI is InChI=1S/C11H19N/c1-5-7-11(6-2)10(3)8-9-12-4/h5-7,10,12H,1-2,8-9H2,3-4H3/b11-7+. The molecule has 0 aliphatic rings. The van der Waals surface area contributed by atoms with E-state index in [1.807, 2.05) is 25.3 Å². The summed E-state index contributed by atoms with van der Waals surface area (Å²) in [6, 6.07) is 0. The van der Waals surface area contributed by atoms with Crippen LogP contribution in [0.2, 0.25) is 0 Å². The fraction of sp³-hybridized carbons (Fsp3) is 0.455. The molecule has 0 aliphatic heterocycles. The Bertz CT molecular complexity index is 168. The number of allylic oxidation sites excluding steroid dienone is 4. The quantitative estimate of drug-likeness (QED) is 0.596. The molecular formula is C11H19N. The van der Waals surface area contributed by atoms with Gasteiger partial charge in [-0.2, -0.15) is 0 Å². The molecule has 0 radical (unpaired) electrons. The van der Waals surface area contributed by atoms with Gasteiger partial charge in [-0.3, -0.25) is 0 Å². The van der Waals surface area contributed by atoms with Crippen LogP contribution in [0.25, 0.3) is 0 Å². The summed E-state index contributed by atoms with van der Waals surface area (Å²) in [7, 11) is 1.97. The molecule has 0 aromatic rings. The lowest BCUT2D eigenvalue weighted by Crippen LogP contribution is -2.12. The van der Waals surface area contributed by atoms with E-state index in [9.17, 15) is 0 Å². The Morgan fingerprint density at radius 1 is 1.50 bits per heavy atom. The molecule has 0 fully saturated rings. The third kappa shape index (κ3) is 4.14. The van der Waals surface area contributed by atoms with Crippen LogP contribution in [0.4, 0.5) is 0 Å². The lowest BCUT2D eigenvalue weighted by molar-refractivity contribution is 0.594. The third-order valence-electron chi connectivity index (χ3n) is 1.94. The van der Waals surface area contributed by atoms with Crippen LogP contribution in [-0.2, 0) is 0 Å². The molecular weight excluding hydrogens is 146 g/mol. The van der Waals surface area contributed by atoms with E-state index in [1.165, 1.54) is 5.57 Å². The van der Waals surface area contributed by atoms with E-state index >= 15 is 0 Å². The highest BCUT2D eigenvalue weighted by molar-refractivity contribution is 5.23. The maximum Gasteiger partial charge on any atom is -0.00462 e. The summed E-state index contributed by atoms with van der Waals surface area (Å²) < 4.78 is 0. The Morgan fingerprint density at radius 3 is 2.58 bits per heavy atom. The number of hydrogen-bond donors (Lipinski definition) is 1. The number of rotatable bonds is 6. The van der Waals surface area contributed by atoms with Gasteiger partial charge < -0.3 is 5.32 Å². The van der Waals surface area contributed by atoms with E-state index in [0.717, 1.165) is 13.0 Å². The second-order valence-electron chi connectivity index (χ2n) is 2.90. The Morgan fingerprint density at radius 2 is 2.17 bits per heavy atom. The molecule has 0 amide bonds. The fourth-order valence-electron chi connectivity index (χ4n) is 1.10. The predicted octanol–water partition coefficient (Wildman–Crippen LogP) is 2.53. The monoisotopic (exact) mass is 165 g/mol. The minimum absolute atomic E-state index is 0.563. The van der Waals surface area contributed by atoms with Crippen LogP contribution in [0.15, 0.2) is 37.0 Å². The summed E-state index contributed by atoms with van der Waals surface area (Å²) in [4.78, 5) is 0. The molecule has 1 nitrogen and oxygen atoms in total. The summed E-state index contributed by atoms with van der Waals surface area (Å²) in [5.41, 5.74) is 1.26. The van der Waals surface area contributed by atoms with Crippen molar-refractivity contribution < 1.29 is 0 Å². The Balaban J connectivity index is 4.02. The second kappa shape index (κ2) is 6.86. The molecule has 1 heteroatoms. The first-order valence-electron chi connectivity index (χ1n) is 4.36. The molecule has 68 valence electrons. The summed E-state index contributed by atoms with van der Waals surface area (Å²) in [5.74, 6) is 0.563. The normalized spacial score (nSPS) is 14.0. The van der Waals surface area contributed by atoms with Gasteiger partial charge in [0.15, 0.2) is 0 Å². The highest BCUT2D eigenvalue weighted by atomic mass is 14.8. The van der Waals surface area contributed by atoms with Gasteiger partial charge in [0.2, 0.25) is 0 Å². The maximum absolute atomic E-state index is 3.77. The number of hydrogen-bond acceptors (Lipinski definition) is 1. The topological polar surface area (TPSA) is 12.0 Å². The summed E-state index contributed by atoms with van der Waals surface area (Å²) >= 11 is 0. The first-order chi connectivity index (χ1) is 5.76. The third-order valence-corrected chi connectivity index (χ3v) is 1.94. The van der Waals surface area contributed by atoms with Crippen molar-refractivity contribution in [1.29, 1.82) is 0 Å². The Kier molecular flexibility index (Phi) is 6.39. The second-order valence-corrected chi connectivity index (χ2v) is 2.90. The van der Waals surface area contributed by atoms with Gasteiger partial charge in [0.05, 0.1) is 0 Å². The van der Waals surface area contributed by atoms with E-state index in [0.29, 0.717) is 5.92 Å². The van der Waals surface area contributed by atoms with Gasteiger partial charge in [-0.05, 0) is 31.5 Å². The lowest BCUT2D eigenvalue weighted by atomic mass is 9.97. The zero-order valence-corrected chi connectivity index (χ0v) is 8.14. The van der Waals surface area contributed by atoms with Crippen LogP contribution in [0.3, 0.4) is 0 Å². The highest BCUT2D eigenvalue weighted by Crippen LogP contribution is 2.14. The van der Waals surface area contributed by atoms with Gasteiger partial charge in [-0.15, -0.1) is 0 Å². The average molecular weight is 165 g/mol. The molecule has 0 saturated heterocycles. The van der Waals surface area contributed by atoms with Crippen LogP contribution in [0, 0.1) is 5.92 Å². The molecule has 0 aromatic carbocycles. The van der Waals surface area contributed by atoms with Gasteiger partial charge in [0.1, 0.15) is 0 Å². The largest absolute Gasteiger partial charge is 0.320 e. The van der Waals surface area contributed by atoms with Gasteiger partial charge in [-0.25, -0.2) is 0 Å². The molecule has 1 atom stereocenters. The van der Waals surface area contributed by atoms with Crippen molar-refractivity contribution in [2.24, 2.45) is 5.92 Å². The maximum atomic E-state index is 3.77. The van der Waals surface area contributed by atoms with E-state index in [4.69, 9.17) is 0 Å². The Labute approximate surface area is 75.9 Å². The van der Waals surface area contributed by atoms with Crippen LogP contribution >= 0.6 is 0 Å². The van der Waals surface area contributed by atoms with Gasteiger partial charge in [0, 0.05) is 0 Å².